The number of phosphoric ester groups is 1. The van der Waals surface area contributed by atoms with E-state index in [0.29, 0.717) is 23.9 Å². The molecule has 0 aliphatic carbocycles. The monoisotopic (exact) mass is 1140 g/mol. The van der Waals surface area contributed by atoms with E-state index in [2.05, 4.69) is 99.0 Å². The van der Waals surface area contributed by atoms with Crippen LogP contribution in [0.5, 0.6) is 0 Å². The Kier molecular flexibility index (Phi) is 57.3. The predicted molar refractivity (Wildman–Crippen MR) is 346 cm³/mol. The van der Waals surface area contributed by atoms with E-state index in [1.807, 2.05) is 33.3 Å². The summed E-state index contributed by atoms with van der Waals surface area (Å²) in [7, 11) is 1.47. The molecule has 0 aromatic rings. The highest BCUT2D eigenvalue weighted by atomic mass is 31.2. The largest absolute Gasteiger partial charge is 0.472 e. The molecule has 0 aliphatic heterocycles. The number of hydrogen-bond acceptors (Lipinski definition) is 6. The second-order valence-electron chi connectivity index (χ2n) is 23.6. The number of rotatable bonds is 60. The number of nitrogens with one attached hydrogen (secondary N) is 1. The third-order valence-electron chi connectivity index (χ3n) is 14.6. The van der Waals surface area contributed by atoms with Crippen molar-refractivity contribution in [3.63, 3.8) is 0 Å². The molecule has 0 spiro atoms. The summed E-state index contributed by atoms with van der Waals surface area (Å²) in [5.74, 6) is -0.566. The van der Waals surface area contributed by atoms with Gasteiger partial charge in [0.25, 0.3) is 0 Å². The van der Waals surface area contributed by atoms with Gasteiger partial charge in [-0.3, -0.25) is 18.6 Å². The number of likely N-dealkylation sites (N-methyl/N-ethyl adjacent to an activating group) is 1. The standard InChI is InChI=1S/C70H127N2O7P/c1-7-10-13-16-19-22-25-28-30-32-33-34-35-36-37-38-39-41-42-44-47-50-53-56-59-62-69(73)71-67(66-78-80(75,76)77-65-64-72(4,5)6)68(61-58-55-52-49-46-27-24-21-18-15-12-9-3)79-70(74)63-60-57-54-51-48-45-43-40-31-29-26-23-20-17-14-11-8-2/h19-20,22-23,28-31,43,45,51,54,58,61,67-68H,7-18,21,24-27,32-42,44,46-50,52-53,55-57,59-60,62-66H2,1-6H3,(H-,71,73,75,76)/p+1/b22-19-,23-20-,30-28-,31-29-,45-43-,54-51-,61-58-. The third kappa shape index (κ3) is 59.8. The topological polar surface area (TPSA) is 111 Å². The molecule has 0 heterocycles. The maximum atomic E-state index is 13.6. The number of carbonyl (C=O) groups is 2. The van der Waals surface area contributed by atoms with Crippen LogP contribution in [0.1, 0.15) is 297 Å². The van der Waals surface area contributed by atoms with Gasteiger partial charge in [0.05, 0.1) is 33.8 Å². The van der Waals surface area contributed by atoms with Crippen LogP contribution in [0.15, 0.2) is 85.1 Å². The zero-order valence-electron chi connectivity index (χ0n) is 53.1. The molecule has 2 N–H and O–H groups in total. The summed E-state index contributed by atoms with van der Waals surface area (Å²) < 4.78 is 30.7. The van der Waals surface area contributed by atoms with Crippen LogP contribution in [0.4, 0.5) is 0 Å². The van der Waals surface area contributed by atoms with Gasteiger partial charge in [0, 0.05) is 12.8 Å². The van der Waals surface area contributed by atoms with Crippen LogP contribution in [0.2, 0.25) is 0 Å². The number of carbonyl (C=O) groups excluding carboxylic acids is 2. The minimum absolute atomic E-state index is 0.0297. The minimum atomic E-state index is -4.47. The first-order chi connectivity index (χ1) is 38.9. The van der Waals surface area contributed by atoms with E-state index in [0.717, 1.165) is 70.6 Å². The molecule has 3 unspecified atom stereocenters. The highest BCUT2D eigenvalue weighted by Crippen LogP contribution is 2.43. The first-order valence-corrected chi connectivity index (χ1v) is 34.9. The Hall–Kier alpha value is -2.81. The summed E-state index contributed by atoms with van der Waals surface area (Å²) >= 11 is 0. The van der Waals surface area contributed by atoms with E-state index in [1.165, 1.54) is 186 Å². The molecular formula is C70H128N2O7P+. The lowest BCUT2D eigenvalue weighted by Gasteiger charge is -2.27. The van der Waals surface area contributed by atoms with Gasteiger partial charge in [-0.15, -0.1) is 0 Å². The van der Waals surface area contributed by atoms with E-state index in [9.17, 15) is 19.0 Å². The van der Waals surface area contributed by atoms with Crippen molar-refractivity contribution in [2.75, 3.05) is 40.9 Å². The molecule has 0 rings (SSSR count). The van der Waals surface area contributed by atoms with Gasteiger partial charge < -0.3 is 19.4 Å². The van der Waals surface area contributed by atoms with Gasteiger partial charge in [-0.05, 0) is 102 Å². The molecule has 1 amide bonds. The molecule has 9 nitrogen and oxygen atoms in total. The van der Waals surface area contributed by atoms with Gasteiger partial charge in [0.15, 0.2) is 0 Å². The number of allylic oxidation sites excluding steroid dienone is 13. The lowest BCUT2D eigenvalue weighted by molar-refractivity contribution is -0.870. The average molecular weight is 1140 g/mol. The average Bonchev–Trinajstić information content (AvgIpc) is 3.42. The zero-order valence-corrected chi connectivity index (χ0v) is 54.0. The number of nitrogens with zero attached hydrogens (tertiary/aromatic N) is 1. The van der Waals surface area contributed by atoms with Gasteiger partial charge >= 0.3 is 13.8 Å². The van der Waals surface area contributed by atoms with Gasteiger partial charge in [-0.25, -0.2) is 4.57 Å². The van der Waals surface area contributed by atoms with Crippen LogP contribution in [0.3, 0.4) is 0 Å². The van der Waals surface area contributed by atoms with E-state index in [-0.39, 0.29) is 31.5 Å². The minimum Gasteiger partial charge on any atom is -0.456 e. The van der Waals surface area contributed by atoms with Crippen molar-refractivity contribution >= 4 is 19.7 Å². The smallest absolute Gasteiger partial charge is 0.456 e. The summed E-state index contributed by atoms with van der Waals surface area (Å²) in [4.78, 5) is 37.8. The van der Waals surface area contributed by atoms with Crippen molar-refractivity contribution < 1.29 is 37.3 Å². The Labute approximate surface area is 495 Å². The van der Waals surface area contributed by atoms with Gasteiger partial charge in [0.2, 0.25) is 5.91 Å². The fourth-order valence-electron chi connectivity index (χ4n) is 9.38. The number of phosphoric acid groups is 1. The summed E-state index contributed by atoms with van der Waals surface area (Å²) in [5, 5.41) is 3.05. The number of unbranched alkanes of at least 4 members (excludes halogenated alkanes) is 32. The van der Waals surface area contributed by atoms with E-state index in [4.69, 9.17) is 13.8 Å². The van der Waals surface area contributed by atoms with Crippen molar-refractivity contribution in [1.82, 2.24) is 5.32 Å². The summed E-state index contributed by atoms with van der Waals surface area (Å²) in [6.45, 7) is 6.94. The van der Waals surface area contributed by atoms with Crippen LogP contribution in [0.25, 0.3) is 0 Å². The highest BCUT2D eigenvalue weighted by molar-refractivity contribution is 7.47. The molecule has 0 radical (unpaired) electrons. The first-order valence-electron chi connectivity index (χ1n) is 33.4. The zero-order chi connectivity index (χ0) is 58.6. The maximum absolute atomic E-state index is 13.6. The molecule has 3 atom stereocenters. The van der Waals surface area contributed by atoms with E-state index >= 15 is 0 Å². The molecule has 80 heavy (non-hydrogen) atoms. The SMILES string of the molecule is CCCCC/C=C\C/C=C\C/C=C\C/C=C\CCCC(=O)OC(/C=C\CCCCCCCCCCCC)C(COP(=O)(O)OCC[N+](C)(C)C)NC(=O)CCCCCCCCCCCCCCCCC/C=C\C/C=C\CCCCC. The summed E-state index contributed by atoms with van der Waals surface area (Å²) in [6.07, 6.45) is 78.8. The number of amides is 1. The Bertz CT molecular complexity index is 1640. The fraction of sp³-hybridized carbons (Fsp3) is 0.771. The Morgan fingerprint density at radius 2 is 0.775 bits per heavy atom. The van der Waals surface area contributed by atoms with Crippen molar-refractivity contribution in [3.05, 3.63) is 85.1 Å². The Morgan fingerprint density at radius 1 is 0.438 bits per heavy atom. The molecule has 0 aromatic carbocycles. The lowest BCUT2D eigenvalue weighted by atomic mass is 10.0. The number of hydrogen-bond donors (Lipinski definition) is 2. The van der Waals surface area contributed by atoms with Crippen molar-refractivity contribution in [1.29, 1.82) is 0 Å². The van der Waals surface area contributed by atoms with Gasteiger partial charge in [0.1, 0.15) is 19.3 Å². The number of quaternary nitrogens is 1. The molecule has 0 saturated carbocycles. The summed E-state index contributed by atoms with van der Waals surface area (Å²) in [5.41, 5.74) is 0. The number of ether oxygens (including phenoxy) is 1. The Balaban J connectivity index is 5.16. The fourth-order valence-corrected chi connectivity index (χ4v) is 10.1. The predicted octanol–water partition coefficient (Wildman–Crippen LogP) is 21.0. The van der Waals surface area contributed by atoms with E-state index in [1.54, 1.807) is 0 Å². The molecule has 10 heteroatoms. The van der Waals surface area contributed by atoms with Gasteiger partial charge in [-0.1, -0.05) is 267 Å². The molecule has 0 aliphatic rings. The van der Waals surface area contributed by atoms with Crippen LogP contribution in [-0.4, -0.2) is 74.3 Å². The second kappa shape index (κ2) is 59.4. The van der Waals surface area contributed by atoms with E-state index < -0.39 is 20.0 Å². The molecule has 0 fully saturated rings. The van der Waals surface area contributed by atoms with Gasteiger partial charge in [-0.2, -0.15) is 0 Å². The lowest BCUT2D eigenvalue weighted by Crippen LogP contribution is -2.47. The maximum Gasteiger partial charge on any atom is 0.472 e. The van der Waals surface area contributed by atoms with Crippen LogP contribution < -0.4 is 5.32 Å². The Morgan fingerprint density at radius 3 is 1.19 bits per heavy atom. The van der Waals surface area contributed by atoms with Crippen molar-refractivity contribution in [2.45, 2.75) is 309 Å². The van der Waals surface area contributed by atoms with Crippen LogP contribution in [-0.2, 0) is 27.9 Å². The highest BCUT2D eigenvalue weighted by Gasteiger charge is 2.30. The van der Waals surface area contributed by atoms with Crippen molar-refractivity contribution in [2.24, 2.45) is 0 Å². The molecule has 0 saturated heterocycles. The molecular weight excluding hydrogens is 1010 g/mol. The van der Waals surface area contributed by atoms with Crippen molar-refractivity contribution in [3.8, 4) is 0 Å². The number of esters is 1. The quantitative estimate of drug-likeness (QED) is 0.0205. The first kappa shape index (κ1) is 77.2. The second-order valence-corrected chi connectivity index (χ2v) is 25.1. The van der Waals surface area contributed by atoms with Crippen LogP contribution in [0, 0.1) is 0 Å². The normalized spacial score (nSPS) is 14.1. The van der Waals surface area contributed by atoms with Crippen LogP contribution >= 0.6 is 7.82 Å². The summed E-state index contributed by atoms with van der Waals surface area (Å²) in [6, 6.07) is -0.874. The molecule has 0 aromatic heterocycles. The molecule has 464 valence electrons. The molecule has 0 bridgehead atoms. The third-order valence-corrected chi connectivity index (χ3v) is 15.5.